The molecule has 6 heteroatoms. The van der Waals surface area contributed by atoms with Crippen molar-refractivity contribution >= 4 is 5.91 Å². The fourth-order valence-electron chi connectivity index (χ4n) is 3.54. The van der Waals surface area contributed by atoms with Crippen LogP contribution in [-0.2, 0) is 4.79 Å². The van der Waals surface area contributed by atoms with E-state index < -0.39 is 6.10 Å². The van der Waals surface area contributed by atoms with Gasteiger partial charge in [0.15, 0.2) is 11.5 Å². The van der Waals surface area contributed by atoms with E-state index in [1.165, 1.54) is 0 Å². The lowest BCUT2D eigenvalue weighted by Crippen LogP contribution is -2.46. The second-order valence-corrected chi connectivity index (χ2v) is 7.28. The van der Waals surface area contributed by atoms with E-state index in [1.807, 2.05) is 18.2 Å². The molecule has 3 aliphatic rings. The first-order valence-electron chi connectivity index (χ1n) is 9.29. The number of carbonyl (C=O) groups is 1. The highest BCUT2D eigenvalue weighted by Crippen LogP contribution is 2.33. The summed E-state index contributed by atoms with van der Waals surface area (Å²) in [5.74, 6) is 1.96. The summed E-state index contributed by atoms with van der Waals surface area (Å²) in [6, 6.07) is 5.94. The SMILES string of the molecule is O=C(NC1CCN(CC(O)c2ccc3c(c2)OCCO3)CC1)C1CC1. The molecule has 0 aromatic heterocycles. The Bertz CT molecular complexity index is 624. The number of amides is 1. The molecule has 1 saturated heterocycles. The Morgan fingerprint density at radius 2 is 1.88 bits per heavy atom. The molecule has 0 spiro atoms. The van der Waals surface area contributed by atoms with Gasteiger partial charge in [-0.25, -0.2) is 0 Å². The number of aliphatic hydroxyl groups excluding tert-OH is 1. The Kier molecular flexibility index (Phi) is 4.81. The number of hydrogen-bond donors (Lipinski definition) is 2. The van der Waals surface area contributed by atoms with Gasteiger partial charge in [0.25, 0.3) is 0 Å². The van der Waals surface area contributed by atoms with Crippen LogP contribution in [0.25, 0.3) is 0 Å². The van der Waals surface area contributed by atoms with E-state index in [9.17, 15) is 9.90 Å². The molecule has 0 bridgehead atoms. The number of rotatable bonds is 5. The standard InChI is InChI=1S/C19H26N2O4/c22-16(14-3-4-17-18(11-14)25-10-9-24-17)12-21-7-5-15(6-8-21)20-19(23)13-1-2-13/h3-4,11,13,15-16,22H,1-2,5-10,12H2,(H,20,23). The van der Waals surface area contributed by atoms with E-state index in [2.05, 4.69) is 10.2 Å². The van der Waals surface area contributed by atoms with Crippen LogP contribution in [0.2, 0.25) is 0 Å². The first kappa shape index (κ1) is 16.7. The van der Waals surface area contributed by atoms with Gasteiger partial charge in [0.2, 0.25) is 5.91 Å². The number of β-amino-alcohol motifs (C(OH)–C–C–N with tert-alkyl or cyclic N) is 1. The molecule has 1 saturated carbocycles. The minimum Gasteiger partial charge on any atom is -0.486 e. The van der Waals surface area contributed by atoms with Crippen molar-refractivity contribution in [2.75, 3.05) is 32.8 Å². The molecule has 0 radical (unpaired) electrons. The van der Waals surface area contributed by atoms with E-state index in [0.29, 0.717) is 25.5 Å². The minimum absolute atomic E-state index is 0.231. The first-order chi connectivity index (χ1) is 12.2. The number of piperidine rings is 1. The maximum atomic E-state index is 11.8. The van der Waals surface area contributed by atoms with Crippen LogP contribution in [0.15, 0.2) is 18.2 Å². The van der Waals surface area contributed by atoms with E-state index in [0.717, 1.165) is 50.1 Å². The highest BCUT2D eigenvalue weighted by atomic mass is 16.6. The third-order valence-corrected chi connectivity index (χ3v) is 5.26. The van der Waals surface area contributed by atoms with Crippen LogP contribution in [0.1, 0.15) is 37.4 Å². The Morgan fingerprint density at radius 3 is 2.60 bits per heavy atom. The van der Waals surface area contributed by atoms with Gasteiger partial charge >= 0.3 is 0 Å². The summed E-state index contributed by atoms with van der Waals surface area (Å²) < 4.78 is 11.1. The van der Waals surface area contributed by atoms with Crippen molar-refractivity contribution < 1.29 is 19.4 Å². The maximum Gasteiger partial charge on any atom is 0.223 e. The highest BCUT2D eigenvalue weighted by Gasteiger charge is 2.32. The van der Waals surface area contributed by atoms with Crippen molar-refractivity contribution in [1.82, 2.24) is 10.2 Å². The van der Waals surface area contributed by atoms with Gasteiger partial charge in [-0.2, -0.15) is 0 Å². The maximum absolute atomic E-state index is 11.8. The minimum atomic E-state index is -0.548. The lowest BCUT2D eigenvalue weighted by Gasteiger charge is -2.33. The number of likely N-dealkylation sites (tertiary alicyclic amines) is 1. The van der Waals surface area contributed by atoms with Gasteiger partial charge in [0.1, 0.15) is 13.2 Å². The van der Waals surface area contributed by atoms with Crippen LogP contribution in [-0.4, -0.2) is 54.8 Å². The molecule has 2 aliphatic heterocycles. The molecule has 1 aromatic rings. The van der Waals surface area contributed by atoms with Gasteiger partial charge < -0.3 is 24.8 Å². The van der Waals surface area contributed by atoms with Crippen LogP contribution >= 0.6 is 0 Å². The van der Waals surface area contributed by atoms with Crippen LogP contribution in [0.5, 0.6) is 11.5 Å². The average molecular weight is 346 g/mol. The Balaban J connectivity index is 1.27. The number of benzene rings is 1. The fraction of sp³-hybridized carbons (Fsp3) is 0.632. The molecule has 6 nitrogen and oxygen atoms in total. The predicted molar refractivity (Wildman–Crippen MR) is 92.7 cm³/mol. The Morgan fingerprint density at radius 1 is 1.16 bits per heavy atom. The third kappa shape index (κ3) is 4.07. The first-order valence-corrected chi connectivity index (χ1v) is 9.29. The van der Waals surface area contributed by atoms with E-state index >= 15 is 0 Å². The van der Waals surface area contributed by atoms with Gasteiger partial charge in [-0.15, -0.1) is 0 Å². The van der Waals surface area contributed by atoms with Crippen molar-refractivity contribution in [3.63, 3.8) is 0 Å². The summed E-state index contributed by atoms with van der Waals surface area (Å²) in [6.45, 7) is 3.52. The average Bonchev–Trinajstić information content (AvgIpc) is 3.48. The number of fused-ring (bicyclic) bond motifs is 1. The molecule has 2 N–H and O–H groups in total. The van der Waals surface area contributed by atoms with E-state index in [-0.39, 0.29) is 17.9 Å². The number of aliphatic hydroxyl groups is 1. The summed E-state index contributed by atoms with van der Waals surface area (Å²) >= 11 is 0. The summed E-state index contributed by atoms with van der Waals surface area (Å²) in [6.07, 6.45) is 3.45. The number of nitrogens with zero attached hydrogens (tertiary/aromatic N) is 1. The zero-order chi connectivity index (χ0) is 17.2. The zero-order valence-electron chi connectivity index (χ0n) is 14.4. The summed E-state index contributed by atoms with van der Waals surface area (Å²) in [4.78, 5) is 14.1. The summed E-state index contributed by atoms with van der Waals surface area (Å²) in [5.41, 5.74) is 0.855. The van der Waals surface area contributed by atoms with Gasteiger partial charge in [0.05, 0.1) is 6.10 Å². The van der Waals surface area contributed by atoms with Crippen molar-refractivity contribution in [2.45, 2.75) is 37.8 Å². The molecule has 1 unspecified atom stereocenters. The van der Waals surface area contributed by atoms with Gasteiger partial charge in [-0.05, 0) is 43.4 Å². The van der Waals surface area contributed by atoms with Crippen molar-refractivity contribution in [3.05, 3.63) is 23.8 Å². The number of carbonyl (C=O) groups excluding carboxylic acids is 1. The van der Waals surface area contributed by atoms with Crippen LogP contribution in [0.3, 0.4) is 0 Å². The summed E-state index contributed by atoms with van der Waals surface area (Å²) in [5, 5.41) is 13.7. The van der Waals surface area contributed by atoms with Crippen LogP contribution in [0.4, 0.5) is 0 Å². The molecule has 136 valence electrons. The lowest BCUT2D eigenvalue weighted by molar-refractivity contribution is -0.123. The van der Waals surface area contributed by atoms with Crippen molar-refractivity contribution in [3.8, 4) is 11.5 Å². The second kappa shape index (κ2) is 7.22. The number of ether oxygens (including phenoxy) is 2. The molecular weight excluding hydrogens is 320 g/mol. The van der Waals surface area contributed by atoms with Gasteiger partial charge in [-0.3, -0.25) is 4.79 Å². The molecule has 25 heavy (non-hydrogen) atoms. The van der Waals surface area contributed by atoms with Crippen LogP contribution in [0, 0.1) is 5.92 Å². The smallest absolute Gasteiger partial charge is 0.223 e. The van der Waals surface area contributed by atoms with Crippen LogP contribution < -0.4 is 14.8 Å². The predicted octanol–water partition coefficient (Wildman–Crippen LogP) is 1.48. The molecule has 2 fully saturated rings. The largest absolute Gasteiger partial charge is 0.486 e. The molecule has 1 aromatic carbocycles. The van der Waals surface area contributed by atoms with Crippen molar-refractivity contribution in [1.29, 1.82) is 0 Å². The molecule has 1 aliphatic carbocycles. The van der Waals surface area contributed by atoms with E-state index in [4.69, 9.17) is 9.47 Å². The monoisotopic (exact) mass is 346 g/mol. The Hall–Kier alpha value is -1.79. The normalized spacial score (nSPS) is 22.4. The molecule has 1 amide bonds. The topological polar surface area (TPSA) is 71.0 Å². The van der Waals surface area contributed by atoms with E-state index in [1.54, 1.807) is 0 Å². The summed E-state index contributed by atoms with van der Waals surface area (Å²) in [7, 11) is 0. The third-order valence-electron chi connectivity index (χ3n) is 5.26. The fourth-order valence-corrected chi connectivity index (χ4v) is 3.54. The molecule has 1 atom stereocenters. The molecular formula is C19H26N2O4. The van der Waals surface area contributed by atoms with Gasteiger partial charge in [0, 0.05) is 31.6 Å². The number of nitrogens with one attached hydrogen (secondary N) is 1. The molecule has 2 heterocycles. The highest BCUT2D eigenvalue weighted by molar-refractivity contribution is 5.81. The second-order valence-electron chi connectivity index (χ2n) is 7.28. The zero-order valence-corrected chi connectivity index (χ0v) is 14.4. The molecule has 4 rings (SSSR count). The number of hydrogen-bond acceptors (Lipinski definition) is 5. The lowest BCUT2D eigenvalue weighted by atomic mass is 10.0. The van der Waals surface area contributed by atoms with Crippen molar-refractivity contribution in [2.24, 2.45) is 5.92 Å². The Labute approximate surface area is 148 Å². The quantitative estimate of drug-likeness (QED) is 0.845. The van der Waals surface area contributed by atoms with Gasteiger partial charge in [-0.1, -0.05) is 6.07 Å².